The quantitative estimate of drug-likeness (QED) is 0.634. The fourth-order valence-electron chi connectivity index (χ4n) is 2.60. The fourth-order valence-corrected chi connectivity index (χ4v) is 5.65. The lowest BCUT2D eigenvalue weighted by atomic mass is 10.3. The zero-order chi connectivity index (χ0) is 18.7. The Balaban J connectivity index is 1.61. The Hall–Kier alpha value is -1.19. The van der Waals surface area contributed by atoms with Gasteiger partial charge in [-0.2, -0.15) is 4.31 Å². The molecule has 1 aliphatic rings. The Labute approximate surface area is 170 Å². The third-order valence-electron chi connectivity index (χ3n) is 3.97. The number of nitrogens with zero attached hydrogens (tertiary/aromatic N) is 2. The third kappa shape index (κ3) is 4.55. The Kier molecular flexibility index (Phi) is 6.19. The van der Waals surface area contributed by atoms with E-state index in [-0.39, 0.29) is 23.9 Å². The van der Waals surface area contributed by atoms with Gasteiger partial charge in [-0.25, -0.2) is 8.42 Å². The number of piperazine rings is 1. The molecule has 3 rings (SSSR count). The average molecular weight is 476 g/mol. The molecule has 5 nitrogen and oxygen atoms in total. The molecule has 2 aromatic rings. The smallest absolute Gasteiger partial charge is 0.246 e. The maximum atomic E-state index is 12.7. The summed E-state index contributed by atoms with van der Waals surface area (Å²) in [6.07, 6.45) is 3.30. The Morgan fingerprint density at radius 2 is 1.88 bits per heavy atom. The van der Waals surface area contributed by atoms with E-state index < -0.39 is 10.0 Å². The first-order valence-corrected chi connectivity index (χ1v) is 11.3. The Morgan fingerprint density at radius 1 is 1.15 bits per heavy atom. The largest absolute Gasteiger partial charge is 0.337 e. The van der Waals surface area contributed by atoms with Crippen molar-refractivity contribution in [3.63, 3.8) is 0 Å². The molecule has 1 fully saturated rings. The van der Waals surface area contributed by atoms with Gasteiger partial charge in [0.1, 0.15) is 0 Å². The van der Waals surface area contributed by atoms with E-state index in [9.17, 15) is 13.2 Å². The van der Waals surface area contributed by atoms with E-state index >= 15 is 0 Å². The number of benzene rings is 1. The molecule has 138 valence electrons. The summed E-state index contributed by atoms with van der Waals surface area (Å²) in [4.78, 5) is 15.1. The molecule has 1 aromatic heterocycles. The number of amides is 1. The molecule has 0 unspecified atom stereocenters. The minimum atomic E-state index is -3.60. The highest BCUT2D eigenvalue weighted by Gasteiger charge is 2.29. The number of hydrogen-bond donors (Lipinski definition) is 0. The van der Waals surface area contributed by atoms with Crippen LogP contribution in [-0.4, -0.2) is 49.7 Å². The summed E-state index contributed by atoms with van der Waals surface area (Å²) < 4.78 is 27.7. The summed E-state index contributed by atoms with van der Waals surface area (Å²) in [5.74, 6) is -0.116. The second-order valence-electron chi connectivity index (χ2n) is 5.66. The molecule has 0 N–H and O–H groups in total. The number of carbonyl (C=O) groups is 1. The topological polar surface area (TPSA) is 57.7 Å². The van der Waals surface area contributed by atoms with Crippen LogP contribution in [0.25, 0.3) is 6.08 Å². The van der Waals surface area contributed by atoms with Gasteiger partial charge in [0.05, 0.1) is 8.68 Å². The maximum Gasteiger partial charge on any atom is 0.246 e. The van der Waals surface area contributed by atoms with E-state index in [0.29, 0.717) is 18.1 Å². The van der Waals surface area contributed by atoms with Crippen LogP contribution < -0.4 is 0 Å². The molecule has 0 aliphatic carbocycles. The van der Waals surface area contributed by atoms with Crippen LogP contribution in [0, 0.1) is 0 Å². The number of sulfonamides is 1. The molecule has 2 heterocycles. The second kappa shape index (κ2) is 8.22. The van der Waals surface area contributed by atoms with Crippen molar-refractivity contribution in [3.8, 4) is 0 Å². The highest BCUT2D eigenvalue weighted by molar-refractivity contribution is 9.11. The minimum absolute atomic E-state index is 0.116. The molecule has 1 amide bonds. The van der Waals surface area contributed by atoms with Crippen LogP contribution in [0.4, 0.5) is 0 Å². The van der Waals surface area contributed by atoms with Gasteiger partial charge in [0.15, 0.2) is 0 Å². The summed E-state index contributed by atoms with van der Waals surface area (Å²) in [7, 11) is -3.60. The van der Waals surface area contributed by atoms with Gasteiger partial charge in [0.25, 0.3) is 0 Å². The Morgan fingerprint density at radius 3 is 2.50 bits per heavy atom. The van der Waals surface area contributed by atoms with Gasteiger partial charge in [0, 0.05) is 42.2 Å². The molecule has 26 heavy (non-hydrogen) atoms. The summed E-state index contributed by atoms with van der Waals surface area (Å²) in [6, 6.07) is 10.1. The van der Waals surface area contributed by atoms with Crippen molar-refractivity contribution in [2.24, 2.45) is 0 Å². The number of hydrogen-bond acceptors (Lipinski definition) is 4. The average Bonchev–Trinajstić information content (AvgIpc) is 3.05. The molecule has 0 radical (unpaired) electrons. The first-order valence-electron chi connectivity index (χ1n) is 7.84. The van der Waals surface area contributed by atoms with Gasteiger partial charge in [-0.15, -0.1) is 11.3 Å². The van der Waals surface area contributed by atoms with Crippen LogP contribution >= 0.6 is 38.9 Å². The molecule has 0 saturated carbocycles. The van der Waals surface area contributed by atoms with Gasteiger partial charge >= 0.3 is 0 Å². The van der Waals surface area contributed by atoms with Crippen LogP contribution in [0.2, 0.25) is 5.02 Å². The Bertz CT molecular complexity index is 935. The lowest BCUT2D eigenvalue weighted by molar-refractivity contribution is -0.127. The van der Waals surface area contributed by atoms with Crippen molar-refractivity contribution in [2.45, 2.75) is 4.90 Å². The summed E-state index contributed by atoms with van der Waals surface area (Å²) >= 11 is 10.8. The lowest BCUT2D eigenvalue weighted by Crippen LogP contribution is -2.50. The van der Waals surface area contributed by atoms with Gasteiger partial charge in [0.2, 0.25) is 15.9 Å². The van der Waals surface area contributed by atoms with Crippen molar-refractivity contribution in [1.29, 1.82) is 0 Å². The second-order valence-corrected chi connectivity index (χ2v) is 10.5. The molecular formula is C17H16BrClN2O3S2. The van der Waals surface area contributed by atoms with Crippen molar-refractivity contribution >= 4 is 60.9 Å². The number of halogens is 2. The van der Waals surface area contributed by atoms with E-state index in [4.69, 9.17) is 11.6 Å². The lowest BCUT2D eigenvalue weighted by Gasteiger charge is -2.33. The molecular weight excluding hydrogens is 460 g/mol. The third-order valence-corrected chi connectivity index (χ3v) is 7.69. The monoisotopic (exact) mass is 474 g/mol. The minimum Gasteiger partial charge on any atom is -0.337 e. The van der Waals surface area contributed by atoms with E-state index in [0.717, 1.165) is 8.66 Å². The van der Waals surface area contributed by atoms with Gasteiger partial charge in [-0.05, 0) is 52.3 Å². The molecule has 1 aliphatic heterocycles. The van der Waals surface area contributed by atoms with E-state index in [1.54, 1.807) is 23.1 Å². The highest BCUT2D eigenvalue weighted by Crippen LogP contribution is 2.23. The standard InChI is InChI=1S/C17H16BrClN2O3S2/c18-16-6-4-14(25-16)5-7-17(22)20-8-10-21(11-9-20)26(23,24)15-3-1-2-13(19)12-15/h1-7,12H,8-11H2/b7-5+. The predicted octanol–water partition coefficient (Wildman–Crippen LogP) is 3.71. The number of carbonyl (C=O) groups excluding carboxylic acids is 1. The number of thiophene rings is 1. The maximum absolute atomic E-state index is 12.7. The van der Waals surface area contributed by atoms with Crippen molar-refractivity contribution in [1.82, 2.24) is 9.21 Å². The zero-order valence-corrected chi connectivity index (χ0v) is 17.6. The van der Waals surface area contributed by atoms with E-state index in [1.807, 2.05) is 12.1 Å². The molecule has 9 heteroatoms. The summed E-state index contributed by atoms with van der Waals surface area (Å²) in [5, 5.41) is 0.380. The first kappa shape index (κ1) is 19.6. The van der Waals surface area contributed by atoms with E-state index in [2.05, 4.69) is 15.9 Å². The SMILES string of the molecule is O=C(/C=C/c1ccc(Br)s1)N1CCN(S(=O)(=O)c2cccc(Cl)c2)CC1. The zero-order valence-electron chi connectivity index (χ0n) is 13.6. The predicted molar refractivity (Wildman–Crippen MR) is 108 cm³/mol. The van der Waals surface area contributed by atoms with Crippen molar-refractivity contribution < 1.29 is 13.2 Å². The molecule has 0 spiro atoms. The van der Waals surface area contributed by atoms with Crippen molar-refractivity contribution in [3.05, 3.63) is 56.2 Å². The van der Waals surface area contributed by atoms with E-state index in [1.165, 1.54) is 33.9 Å². The molecule has 0 atom stereocenters. The van der Waals surface area contributed by atoms with Gasteiger partial charge < -0.3 is 4.90 Å². The molecule has 1 aromatic carbocycles. The van der Waals surface area contributed by atoms with Gasteiger partial charge in [-0.1, -0.05) is 17.7 Å². The fraction of sp³-hybridized carbons (Fsp3) is 0.235. The first-order chi connectivity index (χ1) is 12.4. The van der Waals surface area contributed by atoms with Crippen LogP contribution in [-0.2, 0) is 14.8 Å². The highest BCUT2D eigenvalue weighted by atomic mass is 79.9. The normalized spacial score (nSPS) is 16.3. The summed E-state index contributed by atoms with van der Waals surface area (Å²) in [6.45, 7) is 1.24. The van der Waals surface area contributed by atoms with Crippen LogP contribution in [0.3, 0.4) is 0 Å². The van der Waals surface area contributed by atoms with Crippen LogP contribution in [0.1, 0.15) is 4.88 Å². The van der Waals surface area contributed by atoms with Crippen molar-refractivity contribution in [2.75, 3.05) is 26.2 Å². The molecule has 1 saturated heterocycles. The van der Waals surface area contributed by atoms with Crippen LogP contribution in [0.15, 0.2) is 51.2 Å². The van der Waals surface area contributed by atoms with Crippen LogP contribution in [0.5, 0.6) is 0 Å². The van der Waals surface area contributed by atoms with Gasteiger partial charge in [-0.3, -0.25) is 4.79 Å². The summed E-state index contributed by atoms with van der Waals surface area (Å²) in [5.41, 5.74) is 0. The number of rotatable bonds is 4. The molecule has 0 bridgehead atoms.